The highest BCUT2D eigenvalue weighted by atomic mass is 35.5. The van der Waals surface area contributed by atoms with Gasteiger partial charge in [-0.1, -0.05) is 35.9 Å². The Morgan fingerprint density at radius 3 is 2.62 bits per heavy atom. The summed E-state index contributed by atoms with van der Waals surface area (Å²) >= 11 is 6.08. The van der Waals surface area contributed by atoms with Gasteiger partial charge in [-0.05, 0) is 61.2 Å². The third kappa shape index (κ3) is 4.35. The maximum absolute atomic E-state index is 13.1. The highest BCUT2D eigenvalue weighted by Crippen LogP contribution is 2.34. The van der Waals surface area contributed by atoms with Gasteiger partial charge < -0.3 is 5.11 Å². The van der Waals surface area contributed by atoms with Gasteiger partial charge in [-0.2, -0.15) is 0 Å². The molecule has 0 unspecified atom stereocenters. The summed E-state index contributed by atoms with van der Waals surface area (Å²) in [6.45, 7) is 2.85. The fraction of sp³-hybridized carbons (Fsp3) is 0.400. The number of nitrogens with zero attached hydrogens (tertiary/aromatic N) is 1. The molecular weight excluding hydrogens is 325 g/mol. The molecule has 1 fully saturated rings. The van der Waals surface area contributed by atoms with Crippen LogP contribution in [0.2, 0.25) is 5.02 Å². The van der Waals surface area contributed by atoms with E-state index in [0.717, 1.165) is 49.5 Å². The van der Waals surface area contributed by atoms with Gasteiger partial charge in [-0.15, -0.1) is 0 Å². The molecule has 1 saturated heterocycles. The molecule has 1 aliphatic heterocycles. The van der Waals surface area contributed by atoms with E-state index in [0.29, 0.717) is 0 Å². The number of aliphatic hydroxyl groups excluding tert-OH is 1. The van der Waals surface area contributed by atoms with Gasteiger partial charge in [0.2, 0.25) is 0 Å². The van der Waals surface area contributed by atoms with E-state index in [-0.39, 0.29) is 17.8 Å². The first-order chi connectivity index (χ1) is 11.6. The molecule has 1 heterocycles. The zero-order valence-electron chi connectivity index (χ0n) is 13.7. The van der Waals surface area contributed by atoms with E-state index in [1.807, 2.05) is 30.3 Å². The normalized spacial score (nSPS) is 21.8. The Hall–Kier alpha value is -1.42. The summed E-state index contributed by atoms with van der Waals surface area (Å²) < 4.78 is 13.1. The molecule has 0 radical (unpaired) electrons. The van der Waals surface area contributed by atoms with Crippen molar-refractivity contribution in [1.82, 2.24) is 4.90 Å². The standard InChI is InChI=1S/C20H23ClFNO/c21-18-4-1-3-17(11-18)13-23-10-2-9-20(14-23,15-24)12-16-5-7-19(22)8-6-16/h1,3-8,11,24H,2,9-10,12-15H2/t20-/m1/s1. The second-order valence-corrected chi connectivity index (χ2v) is 7.34. The molecule has 1 atom stereocenters. The van der Waals surface area contributed by atoms with E-state index in [4.69, 9.17) is 11.6 Å². The van der Waals surface area contributed by atoms with Crippen LogP contribution in [0.5, 0.6) is 0 Å². The highest BCUT2D eigenvalue weighted by Gasteiger charge is 2.35. The highest BCUT2D eigenvalue weighted by molar-refractivity contribution is 6.30. The number of likely N-dealkylation sites (tertiary alicyclic amines) is 1. The first-order valence-electron chi connectivity index (χ1n) is 8.41. The number of aliphatic hydroxyl groups is 1. The fourth-order valence-electron chi connectivity index (χ4n) is 3.70. The number of benzene rings is 2. The Balaban J connectivity index is 1.70. The number of hydrogen-bond acceptors (Lipinski definition) is 2. The van der Waals surface area contributed by atoms with Gasteiger partial charge >= 0.3 is 0 Å². The number of rotatable bonds is 5. The van der Waals surface area contributed by atoms with Crippen LogP contribution < -0.4 is 0 Å². The molecule has 24 heavy (non-hydrogen) atoms. The maximum Gasteiger partial charge on any atom is 0.123 e. The Labute approximate surface area is 147 Å². The van der Waals surface area contributed by atoms with Crippen molar-refractivity contribution in [3.8, 4) is 0 Å². The van der Waals surface area contributed by atoms with Gasteiger partial charge in [0, 0.05) is 23.5 Å². The Kier molecular flexibility index (Phi) is 5.54. The second-order valence-electron chi connectivity index (χ2n) is 6.91. The van der Waals surface area contributed by atoms with Crippen LogP contribution in [-0.4, -0.2) is 29.7 Å². The van der Waals surface area contributed by atoms with Gasteiger partial charge in [0.1, 0.15) is 5.82 Å². The summed E-state index contributed by atoms with van der Waals surface area (Å²) in [5, 5.41) is 10.8. The van der Waals surface area contributed by atoms with Gasteiger partial charge in [-0.25, -0.2) is 4.39 Å². The van der Waals surface area contributed by atoms with Crippen LogP contribution in [0.4, 0.5) is 4.39 Å². The van der Waals surface area contributed by atoms with E-state index in [1.165, 1.54) is 17.7 Å². The molecule has 3 rings (SSSR count). The van der Waals surface area contributed by atoms with Gasteiger partial charge in [0.05, 0.1) is 6.61 Å². The van der Waals surface area contributed by atoms with Gasteiger partial charge in [-0.3, -0.25) is 4.90 Å². The maximum atomic E-state index is 13.1. The summed E-state index contributed by atoms with van der Waals surface area (Å²) in [7, 11) is 0. The van der Waals surface area contributed by atoms with E-state index >= 15 is 0 Å². The van der Waals surface area contributed by atoms with Crippen molar-refractivity contribution < 1.29 is 9.50 Å². The van der Waals surface area contributed by atoms with Gasteiger partial charge in [0.15, 0.2) is 0 Å². The predicted octanol–water partition coefficient (Wildman–Crippen LogP) is 4.30. The molecule has 2 aromatic rings. The topological polar surface area (TPSA) is 23.5 Å². The summed E-state index contributed by atoms with van der Waals surface area (Å²) in [5.41, 5.74) is 2.11. The smallest absolute Gasteiger partial charge is 0.123 e. The first kappa shape index (κ1) is 17.4. The first-order valence-corrected chi connectivity index (χ1v) is 8.78. The minimum Gasteiger partial charge on any atom is -0.396 e. The van der Waals surface area contributed by atoms with Crippen molar-refractivity contribution in [2.24, 2.45) is 5.41 Å². The Morgan fingerprint density at radius 2 is 1.92 bits per heavy atom. The second kappa shape index (κ2) is 7.64. The zero-order valence-corrected chi connectivity index (χ0v) is 14.5. The molecule has 0 amide bonds. The van der Waals surface area contributed by atoms with Crippen molar-refractivity contribution in [3.63, 3.8) is 0 Å². The average molecular weight is 348 g/mol. The summed E-state index contributed by atoms with van der Waals surface area (Å²) in [5.74, 6) is -0.219. The van der Waals surface area contributed by atoms with Crippen LogP contribution in [0.1, 0.15) is 24.0 Å². The number of hydrogen-bond donors (Lipinski definition) is 1. The molecule has 1 aliphatic rings. The minimum absolute atomic E-state index is 0.149. The summed E-state index contributed by atoms with van der Waals surface area (Å²) in [6, 6.07) is 14.6. The molecule has 128 valence electrons. The number of halogens is 2. The van der Waals surface area contributed by atoms with Crippen LogP contribution in [0, 0.1) is 11.2 Å². The fourth-order valence-corrected chi connectivity index (χ4v) is 3.92. The average Bonchev–Trinajstić information content (AvgIpc) is 2.57. The molecule has 0 saturated carbocycles. The van der Waals surface area contributed by atoms with Crippen LogP contribution in [0.25, 0.3) is 0 Å². The third-order valence-electron chi connectivity index (χ3n) is 4.86. The zero-order chi connectivity index (χ0) is 17.0. The van der Waals surface area contributed by atoms with Gasteiger partial charge in [0.25, 0.3) is 0 Å². The summed E-state index contributed by atoms with van der Waals surface area (Å²) in [4.78, 5) is 2.38. The van der Waals surface area contributed by atoms with E-state index in [1.54, 1.807) is 0 Å². The minimum atomic E-state index is -0.219. The quantitative estimate of drug-likeness (QED) is 0.871. The summed E-state index contributed by atoms with van der Waals surface area (Å²) in [6.07, 6.45) is 2.82. The lowest BCUT2D eigenvalue weighted by atomic mass is 9.75. The lowest BCUT2D eigenvalue weighted by molar-refractivity contribution is 0.0288. The van der Waals surface area contributed by atoms with Crippen LogP contribution in [0.3, 0.4) is 0 Å². The van der Waals surface area contributed by atoms with Crippen molar-refractivity contribution in [1.29, 1.82) is 0 Å². The molecule has 2 nitrogen and oxygen atoms in total. The third-order valence-corrected chi connectivity index (χ3v) is 5.10. The lowest BCUT2D eigenvalue weighted by Gasteiger charge is -2.42. The van der Waals surface area contributed by atoms with E-state index in [9.17, 15) is 9.50 Å². The molecular formula is C20H23ClFNO. The Morgan fingerprint density at radius 1 is 1.12 bits per heavy atom. The molecule has 2 aromatic carbocycles. The SMILES string of the molecule is OC[C@@]1(Cc2ccc(F)cc2)CCCN(Cc2cccc(Cl)c2)C1. The molecule has 0 spiro atoms. The van der Waals surface area contributed by atoms with Crippen molar-refractivity contribution in [3.05, 3.63) is 70.5 Å². The van der Waals surface area contributed by atoms with Crippen molar-refractivity contribution in [2.45, 2.75) is 25.8 Å². The number of piperidine rings is 1. The molecule has 4 heteroatoms. The van der Waals surface area contributed by atoms with E-state index < -0.39 is 0 Å². The monoisotopic (exact) mass is 347 g/mol. The van der Waals surface area contributed by atoms with Crippen molar-refractivity contribution >= 4 is 11.6 Å². The molecule has 0 aromatic heterocycles. The van der Waals surface area contributed by atoms with Crippen LogP contribution in [-0.2, 0) is 13.0 Å². The van der Waals surface area contributed by atoms with E-state index in [2.05, 4.69) is 11.0 Å². The molecule has 0 bridgehead atoms. The molecule has 0 aliphatic carbocycles. The van der Waals surface area contributed by atoms with Crippen LogP contribution >= 0.6 is 11.6 Å². The predicted molar refractivity (Wildman–Crippen MR) is 95.6 cm³/mol. The lowest BCUT2D eigenvalue weighted by Crippen LogP contribution is -2.46. The van der Waals surface area contributed by atoms with Crippen molar-refractivity contribution in [2.75, 3.05) is 19.7 Å². The Bertz CT molecular complexity index is 676. The van der Waals surface area contributed by atoms with Crippen LogP contribution in [0.15, 0.2) is 48.5 Å². The molecule has 1 N–H and O–H groups in total. The largest absolute Gasteiger partial charge is 0.396 e.